The molecule has 0 saturated carbocycles. The van der Waals surface area contributed by atoms with Gasteiger partial charge in [-0.05, 0) is 71.2 Å². The minimum absolute atomic E-state index is 0.0924. The number of methoxy groups -OCH3 is 2. The number of hydrogen-bond acceptors (Lipinski definition) is 8. The van der Waals surface area contributed by atoms with Gasteiger partial charge in [-0.3, -0.25) is 9.36 Å². The fourth-order valence-corrected chi connectivity index (χ4v) is 5.77. The zero-order valence-electron chi connectivity index (χ0n) is 19.8. The van der Waals surface area contributed by atoms with E-state index in [1.807, 2.05) is 6.07 Å². The van der Waals surface area contributed by atoms with Gasteiger partial charge in [0.15, 0.2) is 16.3 Å². The van der Waals surface area contributed by atoms with E-state index in [4.69, 9.17) is 25.8 Å². The number of esters is 1. The second-order valence-electron chi connectivity index (χ2n) is 7.75. The van der Waals surface area contributed by atoms with Gasteiger partial charge in [-0.2, -0.15) is 0 Å². The predicted molar refractivity (Wildman–Crippen MR) is 141 cm³/mol. The third-order valence-electron chi connectivity index (χ3n) is 5.58. The van der Waals surface area contributed by atoms with Crippen LogP contribution in [-0.2, 0) is 9.53 Å². The SMILES string of the molecule is CCOC(=O)C1=C(C)N=c2s/c(=C\c3cc(Cl)c(O)c(OC)c3)c(=O)n2[C@H]1c1ccc(OC)c(Br)c1. The third-order valence-corrected chi connectivity index (χ3v) is 7.47. The molecule has 188 valence electrons. The van der Waals surface area contributed by atoms with Gasteiger partial charge in [0.25, 0.3) is 5.56 Å². The quantitative estimate of drug-likeness (QED) is 0.435. The maximum atomic E-state index is 13.7. The van der Waals surface area contributed by atoms with Crippen molar-refractivity contribution in [3.05, 3.63) is 81.9 Å². The lowest BCUT2D eigenvalue weighted by atomic mass is 9.96. The molecule has 0 amide bonds. The number of phenolic OH excluding ortho intramolecular Hbond substituents is 1. The number of allylic oxidation sites excluding steroid dienone is 1. The summed E-state index contributed by atoms with van der Waals surface area (Å²) in [6, 6.07) is 7.72. The summed E-state index contributed by atoms with van der Waals surface area (Å²) in [7, 11) is 2.97. The van der Waals surface area contributed by atoms with E-state index in [0.717, 1.165) is 0 Å². The van der Waals surface area contributed by atoms with Crippen molar-refractivity contribution < 1.29 is 24.1 Å². The summed E-state index contributed by atoms with van der Waals surface area (Å²) >= 11 is 10.8. The molecule has 1 atom stereocenters. The average molecular weight is 594 g/mol. The molecule has 1 aliphatic rings. The lowest BCUT2D eigenvalue weighted by molar-refractivity contribution is -0.139. The number of aromatic hydroxyl groups is 1. The van der Waals surface area contributed by atoms with E-state index in [9.17, 15) is 14.7 Å². The van der Waals surface area contributed by atoms with E-state index in [-0.39, 0.29) is 34.3 Å². The Hall–Kier alpha value is -3.08. The fraction of sp³-hybridized carbons (Fsp3) is 0.240. The Balaban J connectivity index is 1.96. The average Bonchev–Trinajstić information content (AvgIpc) is 3.14. The first-order chi connectivity index (χ1) is 17.2. The van der Waals surface area contributed by atoms with Crippen molar-refractivity contribution in [1.82, 2.24) is 4.57 Å². The maximum absolute atomic E-state index is 13.7. The van der Waals surface area contributed by atoms with Gasteiger partial charge in [0, 0.05) is 0 Å². The summed E-state index contributed by atoms with van der Waals surface area (Å²) in [5, 5.41) is 10.1. The van der Waals surface area contributed by atoms with Crippen molar-refractivity contribution in [2.45, 2.75) is 19.9 Å². The minimum Gasteiger partial charge on any atom is -0.503 e. The maximum Gasteiger partial charge on any atom is 0.338 e. The lowest BCUT2D eigenvalue weighted by Gasteiger charge is -2.25. The van der Waals surface area contributed by atoms with E-state index in [0.29, 0.717) is 36.4 Å². The molecule has 2 aromatic carbocycles. The van der Waals surface area contributed by atoms with Crippen LogP contribution in [0.15, 0.2) is 55.9 Å². The van der Waals surface area contributed by atoms with Gasteiger partial charge in [0.1, 0.15) is 5.75 Å². The molecule has 0 saturated heterocycles. The number of halogens is 2. The van der Waals surface area contributed by atoms with E-state index >= 15 is 0 Å². The first-order valence-corrected chi connectivity index (χ1v) is 12.8. The van der Waals surface area contributed by atoms with Crippen LogP contribution in [0.2, 0.25) is 5.02 Å². The Bertz CT molecular complexity index is 1580. The van der Waals surface area contributed by atoms with E-state index < -0.39 is 12.0 Å². The molecule has 4 rings (SSSR count). The van der Waals surface area contributed by atoms with Gasteiger partial charge in [0.2, 0.25) is 0 Å². The zero-order chi connectivity index (χ0) is 26.1. The largest absolute Gasteiger partial charge is 0.503 e. The van der Waals surface area contributed by atoms with Crippen LogP contribution in [0.1, 0.15) is 31.0 Å². The van der Waals surface area contributed by atoms with Crippen LogP contribution in [0.3, 0.4) is 0 Å². The zero-order valence-corrected chi connectivity index (χ0v) is 23.0. The predicted octanol–water partition coefficient (Wildman–Crippen LogP) is 3.94. The van der Waals surface area contributed by atoms with Crippen LogP contribution in [0, 0.1) is 0 Å². The first-order valence-electron chi connectivity index (χ1n) is 10.8. The molecule has 1 N–H and O–H groups in total. The minimum atomic E-state index is -0.761. The van der Waals surface area contributed by atoms with Gasteiger partial charge < -0.3 is 19.3 Å². The van der Waals surface area contributed by atoms with Crippen molar-refractivity contribution in [3.63, 3.8) is 0 Å². The van der Waals surface area contributed by atoms with Crippen molar-refractivity contribution in [2.75, 3.05) is 20.8 Å². The summed E-state index contributed by atoms with van der Waals surface area (Å²) in [6.45, 7) is 3.63. The topological polar surface area (TPSA) is 99.4 Å². The number of carbonyl (C=O) groups excluding carboxylic acids is 1. The van der Waals surface area contributed by atoms with Crippen molar-refractivity contribution in [1.29, 1.82) is 0 Å². The molecule has 11 heteroatoms. The number of benzene rings is 2. The number of thiazole rings is 1. The highest BCUT2D eigenvalue weighted by molar-refractivity contribution is 9.10. The third kappa shape index (κ3) is 4.68. The molecule has 2 heterocycles. The Labute approximate surface area is 223 Å². The van der Waals surface area contributed by atoms with Crippen molar-refractivity contribution >= 4 is 50.9 Å². The summed E-state index contributed by atoms with van der Waals surface area (Å²) < 4.78 is 18.4. The van der Waals surface area contributed by atoms with Crippen LogP contribution in [-0.4, -0.2) is 36.5 Å². The summed E-state index contributed by atoms with van der Waals surface area (Å²) in [5.74, 6) is 0.0724. The Kier molecular flexibility index (Phi) is 7.58. The van der Waals surface area contributed by atoms with Crippen LogP contribution in [0.25, 0.3) is 6.08 Å². The number of aromatic nitrogens is 1. The molecule has 0 spiro atoms. The molecule has 1 aliphatic heterocycles. The Morgan fingerprint density at radius 1 is 1.25 bits per heavy atom. The highest BCUT2D eigenvalue weighted by Gasteiger charge is 2.33. The molecule has 0 unspecified atom stereocenters. The number of phenols is 1. The normalized spacial score (nSPS) is 15.4. The van der Waals surface area contributed by atoms with Crippen LogP contribution >= 0.6 is 38.9 Å². The van der Waals surface area contributed by atoms with E-state index in [1.54, 1.807) is 45.2 Å². The summed E-state index contributed by atoms with van der Waals surface area (Å²) in [4.78, 5) is 31.7. The van der Waals surface area contributed by atoms with Crippen molar-refractivity contribution in [2.24, 2.45) is 4.99 Å². The molecule has 0 bridgehead atoms. The molecular weight excluding hydrogens is 572 g/mol. The Morgan fingerprint density at radius 2 is 1.97 bits per heavy atom. The second-order valence-corrected chi connectivity index (χ2v) is 10.0. The van der Waals surface area contributed by atoms with Gasteiger partial charge in [-0.25, -0.2) is 9.79 Å². The molecule has 0 aliphatic carbocycles. The first kappa shape index (κ1) is 26.0. The highest BCUT2D eigenvalue weighted by atomic mass is 79.9. The molecule has 0 radical (unpaired) electrons. The number of rotatable bonds is 6. The van der Waals surface area contributed by atoms with Gasteiger partial charge in [-0.15, -0.1) is 0 Å². The number of hydrogen-bond donors (Lipinski definition) is 1. The van der Waals surface area contributed by atoms with Crippen LogP contribution in [0.5, 0.6) is 17.2 Å². The summed E-state index contributed by atoms with van der Waals surface area (Å²) in [5.41, 5.74) is 1.65. The monoisotopic (exact) mass is 592 g/mol. The number of carbonyl (C=O) groups is 1. The smallest absolute Gasteiger partial charge is 0.338 e. The van der Waals surface area contributed by atoms with E-state index in [2.05, 4.69) is 20.9 Å². The van der Waals surface area contributed by atoms with Gasteiger partial charge in [0.05, 0.1) is 52.2 Å². The van der Waals surface area contributed by atoms with Crippen molar-refractivity contribution in [3.8, 4) is 17.2 Å². The number of fused-ring (bicyclic) bond motifs is 1. The molecular formula is C25H22BrClN2O6S. The van der Waals surface area contributed by atoms with Gasteiger partial charge in [-0.1, -0.05) is 29.0 Å². The van der Waals surface area contributed by atoms with E-state index in [1.165, 1.54) is 29.1 Å². The molecule has 36 heavy (non-hydrogen) atoms. The standard InChI is InChI=1S/C25H22BrClN2O6S/c1-5-35-24(32)20-12(2)28-25-29(21(20)14-6-7-17(33-3)15(26)11-14)23(31)19(36-25)10-13-8-16(27)22(30)18(9-13)34-4/h6-11,21,30H,5H2,1-4H3/b19-10-/t21-/m0/s1. The molecule has 0 fully saturated rings. The fourth-order valence-electron chi connectivity index (χ4n) is 3.94. The second kappa shape index (κ2) is 10.5. The lowest BCUT2D eigenvalue weighted by Crippen LogP contribution is -2.39. The molecule has 1 aromatic heterocycles. The Morgan fingerprint density at radius 3 is 2.61 bits per heavy atom. The number of nitrogens with zero attached hydrogens (tertiary/aromatic N) is 2. The summed E-state index contributed by atoms with van der Waals surface area (Å²) in [6.07, 6.45) is 1.64. The molecule has 8 nitrogen and oxygen atoms in total. The highest BCUT2D eigenvalue weighted by Crippen LogP contribution is 2.36. The van der Waals surface area contributed by atoms with Gasteiger partial charge >= 0.3 is 5.97 Å². The van der Waals surface area contributed by atoms with Crippen LogP contribution < -0.4 is 24.4 Å². The molecule has 3 aromatic rings. The van der Waals surface area contributed by atoms with Crippen LogP contribution in [0.4, 0.5) is 0 Å². The number of ether oxygens (including phenoxy) is 3.